The molecule has 32 heavy (non-hydrogen) atoms. The van der Waals surface area contributed by atoms with E-state index in [9.17, 15) is 13.6 Å². The van der Waals surface area contributed by atoms with Crippen LogP contribution >= 0.6 is 0 Å². The number of hydrogen-bond donors (Lipinski definition) is 2. The Balaban J connectivity index is 1.52. The Hall–Kier alpha value is -3.74. The molecule has 1 heterocycles. The summed E-state index contributed by atoms with van der Waals surface area (Å²) in [4.78, 5) is 12.7. The maximum atomic E-state index is 13.8. The third-order valence-electron chi connectivity index (χ3n) is 5.22. The van der Waals surface area contributed by atoms with Crippen LogP contribution in [-0.2, 0) is 12.0 Å². The van der Waals surface area contributed by atoms with Gasteiger partial charge in [-0.05, 0) is 53.4 Å². The Bertz CT molecular complexity index is 1250. The summed E-state index contributed by atoms with van der Waals surface area (Å²) in [5.74, 6) is -0.891. The average molecular weight is 435 g/mol. The number of H-pyrrole nitrogens is 1. The second-order valence-corrected chi connectivity index (χ2v) is 8.55. The van der Waals surface area contributed by atoms with E-state index in [2.05, 4.69) is 36.3 Å². The molecule has 0 aliphatic heterocycles. The second-order valence-electron chi connectivity index (χ2n) is 8.55. The van der Waals surface area contributed by atoms with Gasteiger partial charge >= 0.3 is 0 Å². The van der Waals surface area contributed by atoms with E-state index < -0.39 is 11.6 Å². The second kappa shape index (κ2) is 8.42. The summed E-state index contributed by atoms with van der Waals surface area (Å²) in [5, 5.41) is 10.4. The zero-order valence-electron chi connectivity index (χ0n) is 18.0. The number of amides is 1. The SMILES string of the molecule is CC(C)(C)c1ccc(C(=O)Nc2n[nH]c3ccc(OCc4c(F)cccc4F)cc23)cc1. The lowest BCUT2D eigenvalue weighted by atomic mass is 9.87. The number of carbonyl (C=O) groups excluding carboxylic acids is 1. The molecule has 1 amide bonds. The molecule has 0 aliphatic rings. The van der Waals surface area contributed by atoms with Crippen LogP contribution in [-0.4, -0.2) is 16.1 Å². The highest BCUT2D eigenvalue weighted by Crippen LogP contribution is 2.27. The summed E-state index contributed by atoms with van der Waals surface area (Å²) >= 11 is 0. The monoisotopic (exact) mass is 435 g/mol. The summed E-state index contributed by atoms with van der Waals surface area (Å²) < 4.78 is 33.3. The van der Waals surface area contributed by atoms with Crippen molar-refractivity contribution in [2.45, 2.75) is 32.8 Å². The largest absolute Gasteiger partial charge is 0.489 e. The van der Waals surface area contributed by atoms with Crippen molar-refractivity contribution in [1.82, 2.24) is 10.2 Å². The lowest BCUT2D eigenvalue weighted by Gasteiger charge is -2.19. The molecule has 5 nitrogen and oxygen atoms in total. The number of fused-ring (bicyclic) bond motifs is 1. The number of rotatable bonds is 5. The van der Waals surface area contributed by atoms with E-state index in [1.54, 1.807) is 30.3 Å². The van der Waals surface area contributed by atoms with Crippen LogP contribution in [0.4, 0.5) is 14.6 Å². The lowest BCUT2D eigenvalue weighted by Crippen LogP contribution is -2.14. The predicted octanol–water partition coefficient (Wildman–Crippen LogP) is 5.97. The summed E-state index contributed by atoms with van der Waals surface area (Å²) in [7, 11) is 0. The molecule has 0 saturated heterocycles. The molecule has 0 fully saturated rings. The molecule has 0 aliphatic carbocycles. The minimum atomic E-state index is -0.667. The van der Waals surface area contributed by atoms with E-state index >= 15 is 0 Å². The fourth-order valence-electron chi connectivity index (χ4n) is 3.31. The Morgan fingerprint density at radius 2 is 1.72 bits per heavy atom. The minimum absolute atomic E-state index is 0.00458. The van der Waals surface area contributed by atoms with Crippen LogP contribution in [0.25, 0.3) is 10.9 Å². The number of halogens is 2. The van der Waals surface area contributed by atoms with Gasteiger partial charge in [-0.25, -0.2) is 8.78 Å². The van der Waals surface area contributed by atoms with E-state index in [1.165, 1.54) is 18.2 Å². The smallest absolute Gasteiger partial charge is 0.256 e. The van der Waals surface area contributed by atoms with Crippen LogP contribution in [0.3, 0.4) is 0 Å². The van der Waals surface area contributed by atoms with Gasteiger partial charge < -0.3 is 10.1 Å². The number of carbonyl (C=O) groups is 1. The summed E-state index contributed by atoms with van der Waals surface area (Å²) in [6, 6.07) is 16.2. The fraction of sp³-hybridized carbons (Fsp3) is 0.200. The van der Waals surface area contributed by atoms with Gasteiger partial charge in [0, 0.05) is 10.9 Å². The Morgan fingerprint density at radius 1 is 1.03 bits per heavy atom. The number of nitrogens with zero attached hydrogens (tertiary/aromatic N) is 1. The molecule has 4 rings (SSSR count). The molecule has 4 aromatic rings. The highest BCUT2D eigenvalue weighted by atomic mass is 19.1. The molecule has 164 valence electrons. The van der Waals surface area contributed by atoms with Gasteiger partial charge in [0.05, 0.1) is 11.1 Å². The van der Waals surface area contributed by atoms with Crippen LogP contribution in [0.1, 0.15) is 42.3 Å². The van der Waals surface area contributed by atoms with Crippen LogP contribution in [0.2, 0.25) is 0 Å². The number of nitrogens with one attached hydrogen (secondary N) is 2. The first-order chi connectivity index (χ1) is 15.2. The van der Waals surface area contributed by atoms with Crippen LogP contribution in [0, 0.1) is 11.6 Å². The Kier molecular flexibility index (Phi) is 5.65. The third kappa shape index (κ3) is 4.46. The number of aromatic amines is 1. The lowest BCUT2D eigenvalue weighted by molar-refractivity contribution is 0.102. The van der Waals surface area contributed by atoms with E-state index in [4.69, 9.17) is 4.74 Å². The molecular weight excluding hydrogens is 412 g/mol. The summed E-state index contributed by atoms with van der Waals surface area (Å²) in [5.41, 5.74) is 2.18. The van der Waals surface area contributed by atoms with Crippen molar-refractivity contribution in [1.29, 1.82) is 0 Å². The first-order valence-corrected chi connectivity index (χ1v) is 10.2. The zero-order chi connectivity index (χ0) is 22.9. The van der Waals surface area contributed by atoms with Crippen molar-refractivity contribution in [3.05, 3.63) is 89.0 Å². The van der Waals surface area contributed by atoms with E-state index in [1.807, 2.05) is 12.1 Å². The van der Waals surface area contributed by atoms with Gasteiger partial charge in [-0.15, -0.1) is 0 Å². The molecule has 0 radical (unpaired) electrons. The first kappa shape index (κ1) is 21.5. The van der Waals surface area contributed by atoms with E-state index in [0.717, 1.165) is 5.56 Å². The average Bonchev–Trinajstić information content (AvgIpc) is 3.15. The van der Waals surface area contributed by atoms with Gasteiger partial charge in [0.25, 0.3) is 5.91 Å². The van der Waals surface area contributed by atoms with E-state index in [-0.39, 0.29) is 23.5 Å². The van der Waals surface area contributed by atoms with Crippen molar-refractivity contribution in [2.24, 2.45) is 0 Å². The van der Waals surface area contributed by atoms with Gasteiger partial charge in [-0.2, -0.15) is 5.10 Å². The topological polar surface area (TPSA) is 67.0 Å². The minimum Gasteiger partial charge on any atom is -0.489 e. The molecule has 0 bridgehead atoms. The molecule has 0 atom stereocenters. The van der Waals surface area contributed by atoms with Crippen LogP contribution in [0.5, 0.6) is 5.75 Å². The highest BCUT2D eigenvalue weighted by molar-refractivity contribution is 6.08. The summed E-state index contributed by atoms with van der Waals surface area (Å²) in [6.45, 7) is 6.07. The number of ether oxygens (including phenoxy) is 1. The van der Waals surface area contributed by atoms with Crippen molar-refractivity contribution < 1.29 is 18.3 Å². The number of aromatic nitrogens is 2. The molecule has 0 saturated carbocycles. The Morgan fingerprint density at radius 3 is 2.38 bits per heavy atom. The van der Waals surface area contributed by atoms with Gasteiger partial charge in [0.2, 0.25) is 0 Å². The fourth-order valence-corrected chi connectivity index (χ4v) is 3.31. The third-order valence-corrected chi connectivity index (χ3v) is 5.22. The Labute approximate surface area is 184 Å². The van der Waals surface area contributed by atoms with Gasteiger partial charge in [0.1, 0.15) is 24.0 Å². The number of benzene rings is 3. The zero-order valence-corrected chi connectivity index (χ0v) is 18.0. The maximum Gasteiger partial charge on any atom is 0.256 e. The standard InChI is InChI=1S/C25H23F2N3O2/c1-25(2,3)16-9-7-15(8-10-16)24(31)28-23-18-13-17(11-12-22(18)29-30-23)32-14-19-20(26)5-4-6-21(19)27/h4-13H,14H2,1-3H3,(H2,28,29,30,31). The molecule has 7 heteroatoms. The molecular formula is C25H23F2N3O2. The van der Waals surface area contributed by atoms with Crippen molar-refractivity contribution in [3.63, 3.8) is 0 Å². The van der Waals surface area contributed by atoms with Crippen molar-refractivity contribution in [2.75, 3.05) is 5.32 Å². The van der Waals surface area contributed by atoms with Crippen molar-refractivity contribution >= 4 is 22.6 Å². The first-order valence-electron chi connectivity index (χ1n) is 10.2. The number of hydrogen-bond acceptors (Lipinski definition) is 3. The van der Waals surface area contributed by atoms with Crippen molar-refractivity contribution in [3.8, 4) is 5.75 Å². The molecule has 3 aromatic carbocycles. The normalized spacial score (nSPS) is 11.5. The van der Waals surface area contributed by atoms with Gasteiger partial charge in [-0.3, -0.25) is 9.89 Å². The predicted molar refractivity (Wildman–Crippen MR) is 120 cm³/mol. The molecule has 0 spiro atoms. The van der Waals surface area contributed by atoms with E-state index in [0.29, 0.717) is 28.0 Å². The van der Waals surface area contributed by atoms with Gasteiger partial charge in [0.15, 0.2) is 5.82 Å². The van der Waals surface area contributed by atoms with Gasteiger partial charge in [-0.1, -0.05) is 39.0 Å². The molecule has 2 N–H and O–H groups in total. The highest BCUT2D eigenvalue weighted by Gasteiger charge is 2.16. The maximum absolute atomic E-state index is 13.8. The molecule has 0 unspecified atom stereocenters. The number of anilines is 1. The summed E-state index contributed by atoms with van der Waals surface area (Å²) in [6.07, 6.45) is 0. The molecule has 1 aromatic heterocycles. The quantitative estimate of drug-likeness (QED) is 0.406. The van der Waals surface area contributed by atoms with Crippen LogP contribution in [0.15, 0.2) is 60.7 Å². The van der Waals surface area contributed by atoms with Crippen LogP contribution < -0.4 is 10.1 Å².